The number of para-hydroxylation sites is 4. The molecule has 0 aliphatic carbocycles. The maximum Gasteiger partial charge on any atom is 0.145 e. The fourth-order valence-electron chi connectivity index (χ4n) is 5.26. The van der Waals surface area contributed by atoms with Gasteiger partial charge in [0.25, 0.3) is 0 Å². The Labute approximate surface area is 216 Å². The lowest BCUT2D eigenvalue weighted by atomic mass is 10.1. The number of rotatable bonds is 3. The van der Waals surface area contributed by atoms with Crippen LogP contribution in [0.4, 0.5) is 17.1 Å². The lowest BCUT2D eigenvalue weighted by molar-refractivity contribution is 1.10. The average Bonchev–Trinajstić information content (AvgIpc) is 3.25. The minimum atomic E-state index is 0.941. The molecule has 0 atom stereocenters. The van der Waals surface area contributed by atoms with Gasteiger partial charge in [0.05, 0.1) is 22.4 Å². The predicted octanol–water partition coefficient (Wildman–Crippen LogP) is 8.95. The summed E-state index contributed by atoms with van der Waals surface area (Å²) < 4.78 is 2.26. The lowest BCUT2D eigenvalue weighted by Gasteiger charge is -2.27. The quantitative estimate of drug-likeness (QED) is 0.254. The van der Waals surface area contributed by atoms with E-state index in [9.17, 15) is 0 Å². The Bertz CT molecular complexity index is 1740. The Morgan fingerprint density at radius 2 is 1.22 bits per heavy atom. The van der Waals surface area contributed by atoms with Gasteiger partial charge in [0.2, 0.25) is 0 Å². The van der Waals surface area contributed by atoms with Crippen molar-refractivity contribution in [3.8, 4) is 17.1 Å². The molecule has 1 aromatic heterocycles. The summed E-state index contributed by atoms with van der Waals surface area (Å²) in [6.07, 6.45) is 4.40. The van der Waals surface area contributed by atoms with E-state index in [-0.39, 0.29) is 0 Å². The molecular formula is C34H25N3. The standard InChI is InChI=1S/C34H25N3/c1-24-9-8-12-29(23-24)37-33-16-7-4-13-30(33)35-34(37)27-19-21-28(22-20-27)36-31-14-5-2-10-25(31)17-18-26-11-3-6-15-32(26)36/h2-23H,1H3. The van der Waals surface area contributed by atoms with Crippen molar-refractivity contribution in [2.45, 2.75) is 6.92 Å². The van der Waals surface area contributed by atoms with Crippen molar-refractivity contribution in [1.82, 2.24) is 9.55 Å². The summed E-state index contributed by atoms with van der Waals surface area (Å²) in [4.78, 5) is 7.40. The molecule has 37 heavy (non-hydrogen) atoms. The third kappa shape index (κ3) is 3.64. The van der Waals surface area contributed by atoms with Crippen LogP contribution in [0.15, 0.2) is 121 Å². The number of hydrogen-bond donors (Lipinski definition) is 0. The molecule has 176 valence electrons. The summed E-state index contributed by atoms with van der Waals surface area (Å²) in [7, 11) is 0. The molecule has 0 amide bonds. The fraction of sp³-hybridized carbons (Fsp3) is 0.0294. The number of aryl methyl sites for hydroxylation is 1. The number of fused-ring (bicyclic) bond motifs is 3. The normalized spacial score (nSPS) is 12.3. The highest BCUT2D eigenvalue weighted by Crippen LogP contribution is 2.42. The second-order valence-corrected chi connectivity index (χ2v) is 9.43. The van der Waals surface area contributed by atoms with Gasteiger partial charge in [-0.15, -0.1) is 0 Å². The van der Waals surface area contributed by atoms with E-state index in [0.29, 0.717) is 0 Å². The van der Waals surface area contributed by atoms with Crippen molar-refractivity contribution in [2.24, 2.45) is 0 Å². The first-order valence-corrected chi connectivity index (χ1v) is 12.6. The summed E-state index contributed by atoms with van der Waals surface area (Å²) in [5.41, 5.74) is 11.4. The molecular weight excluding hydrogens is 450 g/mol. The SMILES string of the molecule is Cc1cccc(-n2c(-c3ccc(N4c5ccccc5C=Cc5ccccc54)cc3)nc3ccccc32)c1. The van der Waals surface area contributed by atoms with Crippen LogP contribution < -0.4 is 4.90 Å². The summed E-state index contributed by atoms with van der Waals surface area (Å²) >= 11 is 0. The van der Waals surface area contributed by atoms with Gasteiger partial charge in [0, 0.05) is 16.9 Å². The van der Waals surface area contributed by atoms with E-state index in [1.54, 1.807) is 0 Å². The van der Waals surface area contributed by atoms with Gasteiger partial charge in [-0.2, -0.15) is 0 Å². The molecule has 0 N–H and O–H groups in total. The van der Waals surface area contributed by atoms with Gasteiger partial charge in [-0.05, 0) is 84.3 Å². The smallest absolute Gasteiger partial charge is 0.145 e. The zero-order valence-corrected chi connectivity index (χ0v) is 20.5. The van der Waals surface area contributed by atoms with Crippen molar-refractivity contribution in [3.05, 3.63) is 138 Å². The van der Waals surface area contributed by atoms with Gasteiger partial charge < -0.3 is 4.90 Å². The van der Waals surface area contributed by atoms with E-state index < -0.39 is 0 Å². The Morgan fingerprint density at radius 1 is 0.568 bits per heavy atom. The summed E-state index contributed by atoms with van der Waals surface area (Å²) in [6.45, 7) is 2.13. The summed E-state index contributed by atoms with van der Waals surface area (Å²) in [6, 6.07) is 42.8. The Morgan fingerprint density at radius 3 is 1.92 bits per heavy atom. The minimum Gasteiger partial charge on any atom is -0.309 e. The molecule has 1 aliphatic rings. The number of anilines is 3. The van der Waals surface area contributed by atoms with Crippen LogP contribution in [0, 0.1) is 6.92 Å². The molecule has 3 heteroatoms. The Kier molecular flexibility index (Phi) is 5.00. The van der Waals surface area contributed by atoms with Crippen LogP contribution in [-0.2, 0) is 0 Å². The molecule has 7 rings (SSSR count). The zero-order valence-electron chi connectivity index (χ0n) is 20.5. The lowest BCUT2D eigenvalue weighted by Crippen LogP contribution is -2.11. The highest BCUT2D eigenvalue weighted by atomic mass is 15.1. The maximum atomic E-state index is 5.06. The Balaban J connectivity index is 1.38. The van der Waals surface area contributed by atoms with Gasteiger partial charge >= 0.3 is 0 Å². The maximum absolute atomic E-state index is 5.06. The first-order chi connectivity index (χ1) is 18.3. The third-order valence-corrected chi connectivity index (χ3v) is 7.00. The van der Waals surface area contributed by atoms with Crippen LogP contribution >= 0.6 is 0 Å². The van der Waals surface area contributed by atoms with Crippen LogP contribution in [0.2, 0.25) is 0 Å². The number of nitrogens with zero attached hydrogens (tertiary/aromatic N) is 3. The number of aromatic nitrogens is 2. The zero-order chi connectivity index (χ0) is 24.8. The van der Waals surface area contributed by atoms with Gasteiger partial charge in [0.1, 0.15) is 5.82 Å². The van der Waals surface area contributed by atoms with Crippen LogP contribution in [-0.4, -0.2) is 9.55 Å². The molecule has 1 aliphatic heterocycles. The summed E-state index contributed by atoms with van der Waals surface area (Å²) in [5.74, 6) is 0.941. The van der Waals surface area contributed by atoms with Crippen LogP contribution in [0.3, 0.4) is 0 Å². The van der Waals surface area contributed by atoms with E-state index in [0.717, 1.165) is 33.8 Å². The van der Waals surface area contributed by atoms with Crippen molar-refractivity contribution < 1.29 is 0 Å². The molecule has 0 spiro atoms. The predicted molar refractivity (Wildman–Crippen MR) is 155 cm³/mol. The van der Waals surface area contributed by atoms with Crippen molar-refractivity contribution in [3.63, 3.8) is 0 Å². The molecule has 2 heterocycles. The molecule has 0 saturated heterocycles. The second-order valence-electron chi connectivity index (χ2n) is 9.43. The van der Waals surface area contributed by atoms with E-state index >= 15 is 0 Å². The average molecular weight is 476 g/mol. The number of imidazole rings is 1. The monoisotopic (exact) mass is 475 g/mol. The Hall–Kier alpha value is -4.89. The molecule has 0 saturated carbocycles. The molecule has 3 nitrogen and oxygen atoms in total. The van der Waals surface area contributed by atoms with Crippen LogP contribution in [0.5, 0.6) is 0 Å². The first-order valence-electron chi connectivity index (χ1n) is 12.6. The first kappa shape index (κ1) is 21.4. The van der Waals surface area contributed by atoms with E-state index in [1.165, 1.54) is 28.1 Å². The highest BCUT2D eigenvalue weighted by molar-refractivity contribution is 5.93. The van der Waals surface area contributed by atoms with E-state index in [2.05, 4.69) is 144 Å². The van der Waals surface area contributed by atoms with Crippen LogP contribution in [0.1, 0.15) is 16.7 Å². The largest absolute Gasteiger partial charge is 0.309 e. The van der Waals surface area contributed by atoms with Gasteiger partial charge in [-0.25, -0.2) is 4.98 Å². The topological polar surface area (TPSA) is 21.1 Å². The molecule has 6 aromatic rings. The molecule has 5 aromatic carbocycles. The third-order valence-electron chi connectivity index (χ3n) is 7.00. The van der Waals surface area contributed by atoms with Crippen LogP contribution in [0.25, 0.3) is 40.3 Å². The van der Waals surface area contributed by atoms with Gasteiger partial charge in [-0.1, -0.05) is 72.8 Å². The molecule has 0 unspecified atom stereocenters. The van der Waals surface area contributed by atoms with Crippen molar-refractivity contribution in [1.29, 1.82) is 0 Å². The second kappa shape index (κ2) is 8.65. The van der Waals surface area contributed by atoms with Gasteiger partial charge in [0.15, 0.2) is 0 Å². The fourth-order valence-corrected chi connectivity index (χ4v) is 5.26. The van der Waals surface area contributed by atoms with E-state index in [4.69, 9.17) is 4.98 Å². The molecule has 0 radical (unpaired) electrons. The summed E-state index contributed by atoms with van der Waals surface area (Å²) in [5, 5.41) is 0. The van der Waals surface area contributed by atoms with Gasteiger partial charge in [-0.3, -0.25) is 4.57 Å². The minimum absolute atomic E-state index is 0.941. The van der Waals surface area contributed by atoms with Crippen molar-refractivity contribution in [2.75, 3.05) is 4.90 Å². The number of benzene rings is 5. The highest BCUT2D eigenvalue weighted by Gasteiger charge is 2.20. The number of hydrogen-bond acceptors (Lipinski definition) is 2. The molecule has 0 fully saturated rings. The molecule has 0 bridgehead atoms. The van der Waals surface area contributed by atoms with E-state index in [1.807, 2.05) is 6.07 Å². The van der Waals surface area contributed by atoms with Crippen molar-refractivity contribution >= 4 is 40.2 Å².